The molecule has 0 aliphatic rings. The molecule has 0 N–H and O–H groups in total. The molecule has 0 bridgehead atoms. The van der Waals surface area contributed by atoms with Crippen LogP contribution in [0, 0.1) is 0 Å². The van der Waals surface area contributed by atoms with Crippen LogP contribution < -0.4 is 0 Å². The molecule has 0 unspecified atom stereocenters. The Morgan fingerprint density at radius 3 is 1.29 bits per heavy atom. The topological polar surface area (TPSA) is 3.24 Å². The highest BCUT2D eigenvalue weighted by atomic mass is 32.1. The van der Waals surface area contributed by atoms with Crippen LogP contribution in [0.25, 0.3) is 0 Å². The predicted octanol–water partition coefficient (Wildman–Crippen LogP) is 4.60. The van der Waals surface area contributed by atoms with Crippen molar-refractivity contribution < 1.29 is 4.48 Å². The molecule has 0 spiro atoms. The molecule has 0 saturated carbocycles. The highest BCUT2D eigenvalue weighted by molar-refractivity contribution is 8.00. The lowest BCUT2D eigenvalue weighted by Crippen LogP contribution is -2.47. The lowest BCUT2D eigenvalue weighted by atomic mass is 10.3. The Kier molecular flexibility index (Phi) is 16.7. The Morgan fingerprint density at radius 1 is 0.810 bits per heavy atom. The van der Waals surface area contributed by atoms with Gasteiger partial charge in [0.25, 0.3) is 0 Å². The van der Waals surface area contributed by atoms with E-state index in [-0.39, 0.29) is 0 Å². The van der Waals surface area contributed by atoms with Crippen LogP contribution in [0.3, 0.4) is 0 Å². The summed E-state index contributed by atoms with van der Waals surface area (Å²) in [4.78, 5) is 2.14. The quantitative estimate of drug-likeness (QED) is 0.326. The number of nitrogens with zero attached hydrogens (tertiary/aromatic N) is 2. The molecule has 0 heterocycles. The summed E-state index contributed by atoms with van der Waals surface area (Å²) in [6, 6.07) is 0. The molecule has 0 rings (SSSR count). The minimum atomic E-state index is 0.636. The van der Waals surface area contributed by atoms with Gasteiger partial charge in [-0.05, 0) is 40.5 Å². The number of unbranched alkanes of at least 4 members (excludes halogenated alkanes) is 2. The molecule has 4 heteroatoms. The van der Waals surface area contributed by atoms with Crippen LogP contribution in [0.1, 0.15) is 67.2 Å². The number of quaternary nitrogens is 1. The molecule has 0 aliphatic heterocycles. The van der Waals surface area contributed by atoms with E-state index in [0.29, 0.717) is 4.32 Å². The second-order valence-corrected chi connectivity index (χ2v) is 6.60. The van der Waals surface area contributed by atoms with Gasteiger partial charge in [0.15, 0.2) is 0 Å². The van der Waals surface area contributed by atoms with E-state index >= 15 is 0 Å². The second-order valence-electron chi connectivity index (χ2n) is 5.57. The van der Waals surface area contributed by atoms with E-state index in [1.807, 2.05) is 0 Å². The normalized spacial score (nSPS) is 10.8. The van der Waals surface area contributed by atoms with E-state index in [1.165, 1.54) is 56.3 Å². The van der Waals surface area contributed by atoms with Crippen molar-refractivity contribution in [1.82, 2.24) is 4.90 Å². The Hall–Kier alpha value is 0.0700. The third-order valence-corrected chi connectivity index (χ3v) is 5.02. The first-order valence-electron chi connectivity index (χ1n) is 8.77. The van der Waals surface area contributed by atoms with Crippen molar-refractivity contribution in [2.75, 3.05) is 39.3 Å². The first kappa shape index (κ1) is 23.3. The molecule has 21 heavy (non-hydrogen) atoms. The average molecular weight is 335 g/mol. The zero-order valence-electron chi connectivity index (χ0n) is 15.3. The Labute approximate surface area is 145 Å². The summed E-state index contributed by atoms with van der Waals surface area (Å²) in [6.07, 6.45) is 4.81. The highest BCUT2D eigenvalue weighted by Crippen LogP contribution is 2.03. The third-order valence-electron chi connectivity index (χ3n) is 4.50. The van der Waals surface area contributed by atoms with Crippen molar-refractivity contribution >= 4 is 29.2 Å². The lowest BCUT2D eigenvalue weighted by Gasteiger charge is -2.34. The Bertz CT molecular complexity index is 215. The summed E-state index contributed by atoms with van der Waals surface area (Å²) < 4.78 is 1.91. The summed E-state index contributed by atoms with van der Waals surface area (Å²) in [5.41, 5.74) is 0. The van der Waals surface area contributed by atoms with E-state index < -0.39 is 0 Å². The first-order chi connectivity index (χ1) is 9.96. The fourth-order valence-electron chi connectivity index (χ4n) is 2.33. The van der Waals surface area contributed by atoms with Crippen molar-refractivity contribution in [2.24, 2.45) is 0 Å². The molecular weight excluding hydrogens is 296 g/mol. The molecule has 0 aromatic rings. The largest absolute Gasteiger partial charge is 0.411 e. The fraction of sp³-hybridized carbons (Fsp3) is 0.941. The highest BCUT2D eigenvalue weighted by Gasteiger charge is 2.16. The maximum atomic E-state index is 4.98. The van der Waals surface area contributed by atoms with Gasteiger partial charge in [-0.2, -0.15) is 0 Å². The van der Waals surface area contributed by atoms with E-state index in [1.54, 1.807) is 0 Å². The smallest absolute Gasteiger partial charge is 0.0757 e. The van der Waals surface area contributed by atoms with Gasteiger partial charge in [0.05, 0.1) is 26.2 Å². The van der Waals surface area contributed by atoms with E-state index in [9.17, 15) is 0 Å². The number of rotatable bonds is 10. The molecule has 2 nitrogen and oxygen atoms in total. The van der Waals surface area contributed by atoms with Crippen molar-refractivity contribution in [2.45, 2.75) is 67.2 Å². The molecule has 0 aromatic heterocycles. The molecule has 0 fully saturated rings. The van der Waals surface area contributed by atoms with Crippen LogP contribution >= 0.6 is 12.2 Å². The SMILES string of the molecule is CCCCN(CCCC)C(=S)[S-].CC[N+](CC)(CC)CC. The molecular formula is C17H38N2S2. The van der Waals surface area contributed by atoms with Crippen LogP contribution in [-0.4, -0.2) is 53.0 Å². The average Bonchev–Trinajstić information content (AvgIpc) is 2.50. The minimum Gasteiger partial charge on any atom is -0.411 e. The lowest BCUT2D eigenvalue weighted by molar-refractivity contribution is -0.921. The predicted molar refractivity (Wildman–Crippen MR) is 104 cm³/mol. The van der Waals surface area contributed by atoms with E-state index in [4.69, 9.17) is 24.8 Å². The molecule has 0 radical (unpaired) electrons. The minimum absolute atomic E-state index is 0.636. The number of hydrogen-bond acceptors (Lipinski definition) is 2. The van der Waals surface area contributed by atoms with Gasteiger partial charge in [0.2, 0.25) is 0 Å². The van der Waals surface area contributed by atoms with E-state index in [2.05, 4.69) is 46.4 Å². The fourth-order valence-corrected chi connectivity index (χ4v) is 2.70. The molecule has 0 saturated heterocycles. The summed E-state index contributed by atoms with van der Waals surface area (Å²) >= 11 is 9.97. The number of thiocarbonyl (C=S) groups is 1. The zero-order valence-corrected chi connectivity index (χ0v) is 16.9. The Morgan fingerprint density at radius 2 is 1.14 bits per heavy atom. The standard InChI is InChI=1S/C9H19NS2.C8H20N/c1-3-5-7-10(9(11)12)8-6-4-2;1-5-9(6-2,7-3)8-4/h3-8H2,1-2H3,(H,11,12);5-8H2,1-4H3/q;+1/p-1. The van der Waals surface area contributed by atoms with Gasteiger partial charge < -0.3 is 34.2 Å². The number of hydrogen-bond donors (Lipinski definition) is 0. The van der Waals surface area contributed by atoms with Crippen LogP contribution in [0.4, 0.5) is 0 Å². The van der Waals surface area contributed by atoms with Gasteiger partial charge in [-0.25, -0.2) is 0 Å². The molecule has 128 valence electrons. The Balaban J connectivity index is 0. The van der Waals surface area contributed by atoms with Crippen molar-refractivity contribution in [3.63, 3.8) is 0 Å². The van der Waals surface area contributed by atoms with Gasteiger partial charge in [0, 0.05) is 13.1 Å². The third kappa shape index (κ3) is 11.3. The van der Waals surface area contributed by atoms with Crippen molar-refractivity contribution in [1.29, 1.82) is 0 Å². The van der Waals surface area contributed by atoms with Gasteiger partial charge >= 0.3 is 0 Å². The molecule has 0 aliphatic carbocycles. The van der Waals surface area contributed by atoms with Gasteiger partial charge in [0.1, 0.15) is 0 Å². The van der Waals surface area contributed by atoms with Crippen LogP contribution in [-0.2, 0) is 12.6 Å². The molecule has 0 atom stereocenters. The van der Waals surface area contributed by atoms with Gasteiger partial charge in [-0.15, -0.1) is 0 Å². The molecule has 0 aromatic carbocycles. The van der Waals surface area contributed by atoms with Gasteiger partial charge in [-0.1, -0.05) is 31.0 Å². The second kappa shape index (κ2) is 15.0. The summed E-state index contributed by atoms with van der Waals surface area (Å²) in [5.74, 6) is 0. The van der Waals surface area contributed by atoms with Crippen molar-refractivity contribution in [3.05, 3.63) is 0 Å². The van der Waals surface area contributed by atoms with Crippen molar-refractivity contribution in [3.8, 4) is 0 Å². The molecule has 0 amide bonds. The zero-order chi connectivity index (χ0) is 16.7. The summed E-state index contributed by atoms with van der Waals surface area (Å²) in [5, 5.41) is 0. The van der Waals surface area contributed by atoms with Gasteiger partial charge in [-0.3, -0.25) is 0 Å². The van der Waals surface area contributed by atoms with Crippen LogP contribution in [0.2, 0.25) is 0 Å². The van der Waals surface area contributed by atoms with Crippen LogP contribution in [0.5, 0.6) is 0 Å². The summed E-state index contributed by atoms with van der Waals surface area (Å²) in [7, 11) is 0. The summed E-state index contributed by atoms with van der Waals surface area (Å²) in [6.45, 7) is 20.7. The maximum absolute atomic E-state index is 4.98. The van der Waals surface area contributed by atoms with E-state index in [0.717, 1.165) is 13.1 Å². The monoisotopic (exact) mass is 334 g/mol. The first-order valence-corrected chi connectivity index (χ1v) is 9.59. The maximum Gasteiger partial charge on any atom is 0.0757 e. The van der Waals surface area contributed by atoms with Crippen LogP contribution in [0.15, 0.2) is 0 Å².